The number of nitrogens with one attached hydrogen (secondary N) is 1. The molecule has 2 heterocycles. The van der Waals surface area contributed by atoms with Crippen LogP contribution >= 0.6 is 39.9 Å². The highest BCUT2D eigenvalue weighted by atomic mass is 127. The van der Waals surface area contributed by atoms with Gasteiger partial charge in [-0.15, -0.1) is 24.0 Å². The number of carbonyl (C=O) groups excluding carboxylic acids is 1. The second-order valence-corrected chi connectivity index (χ2v) is 8.29. The van der Waals surface area contributed by atoms with E-state index in [0.29, 0.717) is 0 Å². The number of likely N-dealkylation sites (tertiary alicyclic amines) is 1. The highest BCUT2D eigenvalue weighted by Crippen LogP contribution is 2.19. The Bertz CT molecular complexity index is 663. The van der Waals surface area contributed by atoms with Crippen molar-refractivity contribution in [2.24, 2.45) is 12.0 Å². The van der Waals surface area contributed by atoms with Gasteiger partial charge in [-0.25, -0.2) is 0 Å². The third kappa shape index (κ3) is 6.91. The Morgan fingerprint density at radius 1 is 1.39 bits per heavy atom. The van der Waals surface area contributed by atoms with E-state index in [1.165, 1.54) is 5.69 Å². The summed E-state index contributed by atoms with van der Waals surface area (Å²) in [6, 6.07) is 2.18. The van der Waals surface area contributed by atoms with Gasteiger partial charge in [-0.2, -0.15) is 0 Å². The van der Waals surface area contributed by atoms with E-state index < -0.39 is 0 Å². The Morgan fingerprint density at radius 2 is 2.11 bits per heavy atom. The molecular formula is C19H34BrIN6O. The lowest BCUT2D eigenvalue weighted by molar-refractivity contribution is -0.133. The molecule has 0 radical (unpaired) electrons. The van der Waals surface area contributed by atoms with Crippen molar-refractivity contribution in [3.63, 3.8) is 0 Å². The fraction of sp³-hybridized carbons (Fsp3) is 0.684. The lowest BCUT2D eigenvalue weighted by Gasteiger charge is -2.26. The molecule has 28 heavy (non-hydrogen) atoms. The Balaban J connectivity index is 0.00000392. The minimum absolute atomic E-state index is 0. The van der Waals surface area contributed by atoms with Gasteiger partial charge in [0.15, 0.2) is 5.96 Å². The molecule has 1 unspecified atom stereocenters. The second kappa shape index (κ2) is 12.0. The highest BCUT2D eigenvalue weighted by Gasteiger charge is 2.30. The van der Waals surface area contributed by atoms with E-state index in [1.54, 1.807) is 4.90 Å². The molecule has 1 amide bonds. The van der Waals surface area contributed by atoms with Crippen LogP contribution in [0.2, 0.25) is 0 Å². The average molecular weight is 569 g/mol. The lowest BCUT2D eigenvalue weighted by atomic mass is 10.2. The van der Waals surface area contributed by atoms with Crippen molar-refractivity contribution in [2.75, 3.05) is 47.8 Å². The number of hydrogen-bond donors (Lipinski definition) is 1. The van der Waals surface area contributed by atoms with Crippen LogP contribution in [-0.4, -0.2) is 85.0 Å². The van der Waals surface area contributed by atoms with Crippen LogP contribution in [0.3, 0.4) is 0 Å². The van der Waals surface area contributed by atoms with E-state index >= 15 is 0 Å². The number of aromatic nitrogens is 1. The van der Waals surface area contributed by atoms with Crippen LogP contribution in [0.25, 0.3) is 0 Å². The number of hydrogen-bond acceptors (Lipinski definition) is 3. The van der Waals surface area contributed by atoms with Crippen LogP contribution < -0.4 is 5.32 Å². The molecule has 0 saturated carbocycles. The number of halogens is 2. The van der Waals surface area contributed by atoms with Gasteiger partial charge < -0.3 is 19.7 Å². The van der Waals surface area contributed by atoms with Crippen LogP contribution in [0.15, 0.2) is 21.7 Å². The Kier molecular flexibility index (Phi) is 10.8. The lowest BCUT2D eigenvalue weighted by Crippen LogP contribution is -2.44. The Morgan fingerprint density at radius 3 is 2.68 bits per heavy atom. The molecule has 1 atom stereocenters. The quantitative estimate of drug-likeness (QED) is 0.237. The molecule has 1 aromatic rings. The molecule has 1 N–H and O–H groups in total. The molecule has 2 rings (SSSR count). The number of rotatable bonds is 7. The molecule has 0 aromatic carbocycles. The average Bonchev–Trinajstić information content (AvgIpc) is 3.20. The summed E-state index contributed by atoms with van der Waals surface area (Å²) in [5.74, 6) is 1.11. The van der Waals surface area contributed by atoms with Gasteiger partial charge in [-0.3, -0.25) is 14.7 Å². The topological polar surface area (TPSA) is 56.1 Å². The summed E-state index contributed by atoms with van der Waals surface area (Å²) in [4.78, 5) is 22.8. The van der Waals surface area contributed by atoms with Gasteiger partial charge in [-0.05, 0) is 47.8 Å². The van der Waals surface area contributed by atoms with Crippen molar-refractivity contribution in [1.82, 2.24) is 24.6 Å². The van der Waals surface area contributed by atoms with Gasteiger partial charge in [0.2, 0.25) is 5.91 Å². The number of amides is 1. The molecule has 1 aliphatic heterocycles. The molecule has 0 spiro atoms. The van der Waals surface area contributed by atoms with Crippen LogP contribution in [0.1, 0.15) is 25.0 Å². The van der Waals surface area contributed by atoms with Gasteiger partial charge in [0, 0.05) is 64.7 Å². The summed E-state index contributed by atoms with van der Waals surface area (Å²) in [6.07, 6.45) is 5.12. The highest BCUT2D eigenvalue weighted by molar-refractivity contribution is 14.0. The number of aryl methyl sites for hydroxylation is 1. The SMILES string of the molecule is CN=C(NCCCN1CCCC1C(=O)N(C)C)N(C)Cc1cc(Br)cn1C.I. The number of guanidine groups is 1. The first-order chi connectivity index (χ1) is 12.8. The molecule has 7 nitrogen and oxygen atoms in total. The summed E-state index contributed by atoms with van der Waals surface area (Å²) in [6.45, 7) is 3.57. The predicted molar refractivity (Wildman–Crippen MR) is 129 cm³/mol. The third-order valence-corrected chi connectivity index (χ3v) is 5.48. The van der Waals surface area contributed by atoms with Gasteiger partial charge in [-0.1, -0.05) is 0 Å². The maximum absolute atomic E-state index is 12.3. The van der Waals surface area contributed by atoms with E-state index in [1.807, 2.05) is 35.2 Å². The van der Waals surface area contributed by atoms with Gasteiger partial charge >= 0.3 is 0 Å². The van der Waals surface area contributed by atoms with Gasteiger partial charge in [0.25, 0.3) is 0 Å². The fourth-order valence-electron chi connectivity index (χ4n) is 3.58. The van der Waals surface area contributed by atoms with Crippen molar-refractivity contribution in [2.45, 2.75) is 31.8 Å². The molecular weight excluding hydrogens is 535 g/mol. The predicted octanol–water partition coefficient (Wildman–Crippen LogP) is 2.36. The molecule has 1 fully saturated rings. The second-order valence-electron chi connectivity index (χ2n) is 7.37. The summed E-state index contributed by atoms with van der Waals surface area (Å²) in [5.41, 5.74) is 1.22. The molecule has 1 saturated heterocycles. The van der Waals surface area contributed by atoms with Gasteiger partial charge in [0.05, 0.1) is 12.6 Å². The van der Waals surface area contributed by atoms with Crippen molar-refractivity contribution < 1.29 is 4.79 Å². The largest absolute Gasteiger partial charge is 0.356 e. The van der Waals surface area contributed by atoms with Crippen molar-refractivity contribution in [3.05, 3.63) is 22.4 Å². The zero-order valence-corrected chi connectivity index (χ0v) is 21.5. The minimum Gasteiger partial charge on any atom is -0.356 e. The van der Waals surface area contributed by atoms with E-state index in [4.69, 9.17) is 0 Å². The normalized spacial score (nSPS) is 17.4. The number of likely N-dealkylation sites (N-methyl/N-ethyl adjacent to an activating group) is 1. The summed E-state index contributed by atoms with van der Waals surface area (Å²) >= 11 is 3.52. The first kappa shape index (κ1) is 25.2. The number of aliphatic imine (C=N–C) groups is 1. The molecule has 0 bridgehead atoms. The van der Waals surface area contributed by atoms with E-state index in [9.17, 15) is 4.79 Å². The standard InChI is InChI=1S/C19H33BrN6O.HI/c1-21-19(25(5)14-16-12-15(20)13-24(16)4)22-9-7-11-26-10-6-8-17(26)18(27)23(2)3;/h12-13,17H,6-11,14H2,1-5H3,(H,21,22);1H. The molecule has 0 aliphatic carbocycles. The van der Waals surface area contributed by atoms with Crippen LogP contribution in [0.4, 0.5) is 0 Å². The monoisotopic (exact) mass is 568 g/mol. The first-order valence-corrected chi connectivity index (χ1v) is 10.3. The molecule has 160 valence electrons. The molecule has 1 aromatic heterocycles. The van der Waals surface area contributed by atoms with Crippen LogP contribution in [0.5, 0.6) is 0 Å². The van der Waals surface area contributed by atoms with E-state index in [-0.39, 0.29) is 35.9 Å². The Labute approximate surface area is 194 Å². The molecule has 1 aliphatic rings. The zero-order chi connectivity index (χ0) is 20.0. The maximum atomic E-state index is 12.3. The minimum atomic E-state index is 0. The summed E-state index contributed by atoms with van der Waals surface area (Å²) in [7, 11) is 9.58. The number of nitrogens with zero attached hydrogens (tertiary/aromatic N) is 5. The van der Waals surface area contributed by atoms with Gasteiger partial charge in [0.1, 0.15) is 0 Å². The first-order valence-electron chi connectivity index (χ1n) is 9.51. The summed E-state index contributed by atoms with van der Waals surface area (Å²) in [5, 5.41) is 3.44. The maximum Gasteiger partial charge on any atom is 0.239 e. The Hall–Kier alpha value is -0.810. The van der Waals surface area contributed by atoms with E-state index in [2.05, 4.69) is 52.9 Å². The van der Waals surface area contributed by atoms with Crippen molar-refractivity contribution in [3.8, 4) is 0 Å². The summed E-state index contributed by atoms with van der Waals surface area (Å²) < 4.78 is 3.20. The van der Waals surface area contributed by atoms with E-state index in [0.717, 1.165) is 55.9 Å². The zero-order valence-electron chi connectivity index (χ0n) is 17.6. The van der Waals surface area contributed by atoms with Crippen LogP contribution in [-0.2, 0) is 18.4 Å². The van der Waals surface area contributed by atoms with Crippen molar-refractivity contribution >= 4 is 51.8 Å². The smallest absolute Gasteiger partial charge is 0.239 e. The number of carbonyl (C=O) groups is 1. The van der Waals surface area contributed by atoms with Crippen molar-refractivity contribution in [1.29, 1.82) is 0 Å². The fourth-order valence-corrected chi connectivity index (χ4v) is 4.15. The molecule has 9 heteroatoms. The van der Waals surface area contributed by atoms with Crippen LogP contribution in [0, 0.1) is 0 Å². The third-order valence-electron chi connectivity index (χ3n) is 5.04.